The highest BCUT2D eigenvalue weighted by Gasteiger charge is 2.12. The first-order chi connectivity index (χ1) is 12.1. The van der Waals surface area contributed by atoms with Gasteiger partial charge >= 0.3 is 11.9 Å². The van der Waals surface area contributed by atoms with E-state index in [9.17, 15) is 9.59 Å². The molecule has 0 aliphatic carbocycles. The number of hydrogen-bond donors (Lipinski definition) is 0. The van der Waals surface area contributed by atoms with Crippen LogP contribution in [-0.4, -0.2) is 18.5 Å². The highest BCUT2D eigenvalue weighted by atomic mass is 35.5. The van der Waals surface area contributed by atoms with Gasteiger partial charge in [0, 0.05) is 19.3 Å². The molecule has 0 radical (unpaired) electrons. The molecule has 0 aromatic heterocycles. The Kier molecular flexibility index (Phi) is 7.76. The van der Waals surface area contributed by atoms with Crippen LogP contribution in [0.1, 0.15) is 24.8 Å². The number of carbonyl (C=O) groups excluding carboxylic acids is 2. The van der Waals surface area contributed by atoms with Gasteiger partial charge in [-0.1, -0.05) is 59.6 Å². The van der Waals surface area contributed by atoms with E-state index in [4.69, 9.17) is 32.7 Å². The first kappa shape index (κ1) is 19.3. The molecule has 0 saturated carbocycles. The molecule has 2 aromatic rings. The van der Waals surface area contributed by atoms with Gasteiger partial charge < -0.3 is 9.47 Å². The van der Waals surface area contributed by atoms with Crippen molar-refractivity contribution < 1.29 is 19.1 Å². The molecule has 0 unspecified atom stereocenters. The van der Waals surface area contributed by atoms with Crippen LogP contribution in [0.3, 0.4) is 0 Å². The Balaban J connectivity index is 1.63. The fraction of sp³-hybridized carbons (Fsp3) is 0.263. The molecule has 0 amide bonds. The summed E-state index contributed by atoms with van der Waals surface area (Å²) in [4.78, 5) is 23.4. The maximum Gasteiger partial charge on any atom is 0.311 e. The van der Waals surface area contributed by atoms with Crippen molar-refractivity contribution in [1.29, 1.82) is 0 Å². The summed E-state index contributed by atoms with van der Waals surface area (Å²) in [6.45, 7) is 0.325. The maximum absolute atomic E-state index is 11.8. The Bertz CT molecular complexity index is 717. The molecular formula is C19H18Cl2O4. The molecule has 0 atom stereocenters. The summed E-state index contributed by atoms with van der Waals surface area (Å²) in [7, 11) is 0. The average molecular weight is 381 g/mol. The second-order valence-electron chi connectivity index (χ2n) is 5.34. The number of rotatable bonds is 8. The minimum atomic E-state index is -0.471. The molecule has 0 heterocycles. The summed E-state index contributed by atoms with van der Waals surface area (Å²) in [5.41, 5.74) is 1.11. The lowest BCUT2D eigenvalue weighted by molar-refractivity contribution is -0.143. The second kappa shape index (κ2) is 10.1. The third-order valence-electron chi connectivity index (χ3n) is 3.40. The summed E-state index contributed by atoms with van der Waals surface area (Å²) in [6.07, 6.45) is 1.27. The van der Waals surface area contributed by atoms with Crippen LogP contribution in [0.2, 0.25) is 10.0 Å². The quantitative estimate of drug-likeness (QED) is 0.484. The zero-order valence-corrected chi connectivity index (χ0v) is 15.1. The van der Waals surface area contributed by atoms with Crippen LogP contribution < -0.4 is 4.74 Å². The van der Waals surface area contributed by atoms with Crippen molar-refractivity contribution in [2.45, 2.75) is 25.7 Å². The van der Waals surface area contributed by atoms with E-state index in [0.29, 0.717) is 24.5 Å². The lowest BCUT2D eigenvalue weighted by atomic mass is 10.2. The monoisotopic (exact) mass is 380 g/mol. The third kappa shape index (κ3) is 6.77. The molecule has 0 aliphatic rings. The standard InChI is InChI=1S/C19H18Cl2O4/c20-15-8-4-9-16(19(15)21)25-18(23)11-5-10-17(22)24-13-12-14-6-2-1-3-7-14/h1-4,6-9H,5,10-13H2. The Morgan fingerprint density at radius 1 is 0.880 bits per heavy atom. The van der Waals surface area contributed by atoms with Gasteiger partial charge in [-0.3, -0.25) is 9.59 Å². The zero-order chi connectivity index (χ0) is 18.1. The molecule has 6 heteroatoms. The number of hydrogen-bond acceptors (Lipinski definition) is 4. The van der Waals surface area contributed by atoms with Gasteiger partial charge in [0.15, 0.2) is 5.75 Å². The molecule has 25 heavy (non-hydrogen) atoms. The Morgan fingerprint density at radius 2 is 1.60 bits per heavy atom. The van der Waals surface area contributed by atoms with Crippen LogP contribution in [0, 0.1) is 0 Å². The van der Waals surface area contributed by atoms with Crippen molar-refractivity contribution in [3.8, 4) is 5.75 Å². The van der Waals surface area contributed by atoms with Gasteiger partial charge in [0.1, 0.15) is 5.02 Å². The molecule has 0 fully saturated rings. The van der Waals surface area contributed by atoms with Crippen LogP contribution in [0.15, 0.2) is 48.5 Å². The molecule has 0 bridgehead atoms. The zero-order valence-electron chi connectivity index (χ0n) is 13.5. The first-order valence-electron chi connectivity index (χ1n) is 7.90. The van der Waals surface area contributed by atoms with Crippen molar-refractivity contribution in [2.75, 3.05) is 6.61 Å². The fourth-order valence-electron chi connectivity index (χ4n) is 2.11. The SMILES string of the molecule is O=C(CCCC(=O)Oc1cccc(Cl)c1Cl)OCCc1ccccc1. The van der Waals surface area contributed by atoms with E-state index in [1.54, 1.807) is 18.2 Å². The van der Waals surface area contributed by atoms with Crippen LogP contribution in [0.4, 0.5) is 0 Å². The summed E-state index contributed by atoms with van der Waals surface area (Å²) in [6, 6.07) is 14.6. The summed E-state index contributed by atoms with van der Waals surface area (Å²) in [5.74, 6) is -0.588. The largest absolute Gasteiger partial charge is 0.465 e. The predicted octanol–water partition coefficient (Wildman–Crippen LogP) is 4.86. The van der Waals surface area contributed by atoms with E-state index in [-0.39, 0.29) is 29.6 Å². The van der Waals surface area contributed by atoms with Crippen molar-refractivity contribution in [3.63, 3.8) is 0 Å². The summed E-state index contributed by atoms with van der Waals surface area (Å²) in [5, 5.41) is 0.506. The minimum absolute atomic E-state index is 0.0939. The normalized spacial score (nSPS) is 10.3. The van der Waals surface area contributed by atoms with Gasteiger partial charge in [0.05, 0.1) is 11.6 Å². The van der Waals surface area contributed by atoms with Gasteiger partial charge in [-0.2, -0.15) is 0 Å². The number of ether oxygens (including phenoxy) is 2. The Hall–Kier alpha value is -2.04. The molecular weight excluding hydrogens is 363 g/mol. The number of benzene rings is 2. The third-order valence-corrected chi connectivity index (χ3v) is 4.20. The van der Waals surface area contributed by atoms with E-state index in [1.807, 2.05) is 30.3 Å². The second-order valence-corrected chi connectivity index (χ2v) is 6.12. The van der Waals surface area contributed by atoms with E-state index in [0.717, 1.165) is 5.56 Å². The topological polar surface area (TPSA) is 52.6 Å². The molecule has 0 N–H and O–H groups in total. The molecule has 0 aliphatic heterocycles. The van der Waals surface area contributed by atoms with E-state index in [2.05, 4.69) is 0 Å². The van der Waals surface area contributed by atoms with Gasteiger partial charge in [-0.25, -0.2) is 0 Å². The smallest absolute Gasteiger partial charge is 0.311 e. The van der Waals surface area contributed by atoms with Crippen molar-refractivity contribution in [1.82, 2.24) is 0 Å². The molecule has 132 valence electrons. The first-order valence-corrected chi connectivity index (χ1v) is 8.66. The average Bonchev–Trinajstić information content (AvgIpc) is 2.60. The summed E-state index contributed by atoms with van der Waals surface area (Å²) < 4.78 is 10.3. The van der Waals surface area contributed by atoms with Gasteiger partial charge in [-0.15, -0.1) is 0 Å². The van der Waals surface area contributed by atoms with Crippen LogP contribution >= 0.6 is 23.2 Å². The lowest BCUT2D eigenvalue weighted by Gasteiger charge is -2.07. The lowest BCUT2D eigenvalue weighted by Crippen LogP contribution is -2.11. The Labute approximate surface area is 156 Å². The number of carbonyl (C=O) groups is 2. The molecule has 0 saturated heterocycles. The van der Waals surface area contributed by atoms with Crippen molar-refractivity contribution in [3.05, 3.63) is 64.1 Å². The Morgan fingerprint density at radius 3 is 2.36 bits per heavy atom. The van der Waals surface area contributed by atoms with Crippen molar-refractivity contribution >= 4 is 35.1 Å². The summed E-state index contributed by atoms with van der Waals surface area (Å²) >= 11 is 11.8. The van der Waals surface area contributed by atoms with Crippen LogP contribution in [0.5, 0.6) is 5.75 Å². The van der Waals surface area contributed by atoms with E-state index in [1.165, 1.54) is 0 Å². The molecule has 0 spiro atoms. The maximum atomic E-state index is 11.8. The van der Waals surface area contributed by atoms with Gasteiger partial charge in [0.2, 0.25) is 0 Å². The molecule has 2 rings (SSSR count). The van der Waals surface area contributed by atoms with Crippen LogP contribution in [-0.2, 0) is 20.7 Å². The number of esters is 2. The van der Waals surface area contributed by atoms with Gasteiger partial charge in [-0.05, 0) is 24.1 Å². The molecule has 4 nitrogen and oxygen atoms in total. The highest BCUT2D eigenvalue weighted by Crippen LogP contribution is 2.31. The van der Waals surface area contributed by atoms with Crippen LogP contribution in [0.25, 0.3) is 0 Å². The minimum Gasteiger partial charge on any atom is -0.465 e. The predicted molar refractivity (Wildman–Crippen MR) is 97.1 cm³/mol. The van der Waals surface area contributed by atoms with Gasteiger partial charge in [0.25, 0.3) is 0 Å². The fourth-order valence-corrected chi connectivity index (χ4v) is 2.44. The van der Waals surface area contributed by atoms with Crippen molar-refractivity contribution in [2.24, 2.45) is 0 Å². The van der Waals surface area contributed by atoms with E-state index < -0.39 is 5.97 Å². The number of halogens is 2. The van der Waals surface area contributed by atoms with E-state index >= 15 is 0 Å². The highest BCUT2D eigenvalue weighted by molar-refractivity contribution is 6.43. The molecule has 2 aromatic carbocycles.